The van der Waals surface area contributed by atoms with E-state index in [1.54, 1.807) is 0 Å². The summed E-state index contributed by atoms with van der Waals surface area (Å²) in [5, 5.41) is 28.9. The van der Waals surface area contributed by atoms with Crippen LogP contribution in [0.1, 0.15) is 6.42 Å². The van der Waals surface area contributed by atoms with Gasteiger partial charge in [0.15, 0.2) is 0 Å². The summed E-state index contributed by atoms with van der Waals surface area (Å²) in [4.78, 5) is 13.4. The van der Waals surface area contributed by atoms with Crippen molar-refractivity contribution >= 4 is 5.82 Å². The van der Waals surface area contributed by atoms with E-state index in [1.807, 2.05) is 0 Å². The number of aliphatic hydroxyl groups is 2. The Hall–Kier alpha value is -1.51. The minimum atomic E-state index is -0.827. The minimum Gasteiger partial charge on any atom is -0.394 e. The maximum absolute atomic E-state index is 10.4. The number of methoxy groups -OCH3 is 1. The summed E-state index contributed by atoms with van der Waals surface area (Å²) in [7, 11) is 1.40. The van der Waals surface area contributed by atoms with Gasteiger partial charge < -0.3 is 29.6 Å². The summed E-state index contributed by atoms with van der Waals surface area (Å²) >= 11 is 0. The number of nitrogens with zero attached hydrogens (tertiary/aromatic N) is 3. The van der Waals surface area contributed by atoms with Crippen molar-refractivity contribution in [3.8, 4) is 0 Å². The molecular formula is C9H15N3O5. The Morgan fingerprint density at radius 3 is 2.88 bits per heavy atom. The fourth-order valence-corrected chi connectivity index (χ4v) is 1.39. The topological polar surface area (TPSA) is 111 Å². The van der Waals surface area contributed by atoms with Crippen LogP contribution < -0.4 is 0 Å². The van der Waals surface area contributed by atoms with Crippen LogP contribution in [-0.4, -0.2) is 50.6 Å². The van der Waals surface area contributed by atoms with Gasteiger partial charge in [0, 0.05) is 13.7 Å². The van der Waals surface area contributed by atoms with Crippen molar-refractivity contribution in [3.05, 3.63) is 22.6 Å². The van der Waals surface area contributed by atoms with Crippen molar-refractivity contribution < 1.29 is 19.9 Å². The number of imidazole rings is 1. The van der Waals surface area contributed by atoms with Crippen LogP contribution in [0.4, 0.5) is 5.82 Å². The fourth-order valence-electron chi connectivity index (χ4n) is 1.39. The molecule has 0 aliphatic heterocycles. The second kappa shape index (κ2) is 6.28. The molecule has 2 N–H and O–H groups in total. The highest BCUT2D eigenvalue weighted by Crippen LogP contribution is 2.09. The first-order chi connectivity index (χ1) is 8.08. The van der Waals surface area contributed by atoms with Crippen LogP contribution in [0.2, 0.25) is 0 Å². The van der Waals surface area contributed by atoms with Crippen LogP contribution in [0, 0.1) is 10.1 Å². The number of rotatable bonds is 7. The van der Waals surface area contributed by atoms with Gasteiger partial charge in [0.25, 0.3) is 0 Å². The zero-order valence-corrected chi connectivity index (χ0v) is 9.39. The lowest BCUT2D eigenvalue weighted by Crippen LogP contribution is -2.32. The maximum Gasteiger partial charge on any atom is 0.381 e. The average molecular weight is 245 g/mol. The lowest BCUT2D eigenvalue weighted by Gasteiger charge is -2.18. The maximum atomic E-state index is 10.4. The fraction of sp³-hybridized carbons (Fsp3) is 0.667. The van der Waals surface area contributed by atoms with Crippen molar-refractivity contribution in [1.82, 2.24) is 9.55 Å². The van der Waals surface area contributed by atoms with Gasteiger partial charge in [-0.3, -0.25) is 0 Å². The molecule has 1 aromatic heterocycles. The van der Waals surface area contributed by atoms with Gasteiger partial charge >= 0.3 is 5.82 Å². The van der Waals surface area contributed by atoms with Crippen LogP contribution in [0.15, 0.2) is 12.5 Å². The lowest BCUT2D eigenvalue weighted by molar-refractivity contribution is -0.389. The number of aryl methyl sites for hydroxylation is 1. The normalized spacial score (nSPS) is 14.5. The zero-order chi connectivity index (χ0) is 12.8. The molecule has 1 heterocycles. The molecule has 1 rings (SSSR count). The van der Waals surface area contributed by atoms with Crippen LogP contribution in [0.3, 0.4) is 0 Å². The highest BCUT2D eigenvalue weighted by atomic mass is 16.6. The van der Waals surface area contributed by atoms with E-state index in [0.29, 0.717) is 13.0 Å². The van der Waals surface area contributed by atoms with Gasteiger partial charge in [-0.2, -0.15) is 0 Å². The van der Waals surface area contributed by atoms with Gasteiger partial charge in [0.1, 0.15) is 12.3 Å². The standard InChI is InChI=1S/C9H15N3O5/c1-17-8(5-13)7(14)2-3-11-4-9(10-6-11)12(15)16/h4,6-8,13-14H,2-3,5H2,1H3/t7?,8-/m0/s1. The van der Waals surface area contributed by atoms with E-state index in [0.717, 1.165) is 0 Å². The molecule has 96 valence electrons. The first kappa shape index (κ1) is 13.6. The Kier molecular flexibility index (Phi) is 5.01. The number of nitro groups is 1. The molecule has 0 aliphatic carbocycles. The van der Waals surface area contributed by atoms with Gasteiger partial charge in [-0.05, 0) is 16.3 Å². The molecular weight excluding hydrogens is 230 g/mol. The smallest absolute Gasteiger partial charge is 0.381 e. The van der Waals surface area contributed by atoms with Gasteiger partial charge in [0.2, 0.25) is 6.33 Å². The van der Waals surface area contributed by atoms with Crippen LogP contribution >= 0.6 is 0 Å². The van der Waals surface area contributed by atoms with Crippen molar-refractivity contribution in [1.29, 1.82) is 0 Å². The summed E-state index contributed by atoms with van der Waals surface area (Å²) < 4.78 is 6.37. The molecule has 2 atom stereocenters. The summed E-state index contributed by atoms with van der Waals surface area (Å²) in [5.41, 5.74) is 0. The minimum absolute atomic E-state index is 0.232. The largest absolute Gasteiger partial charge is 0.394 e. The summed E-state index contributed by atoms with van der Waals surface area (Å²) in [6.45, 7) is 0.0869. The van der Waals surface area contributed by atoms with Gasteiger partial charge in [-0.15, -0.1) is 0 Å². The average Bonchev–Trinajstić information content (AvgIpc) is 2.76. The second-order valence-electron chi connectivity index (χ2n) is 3.54. The Labute approximate surface area is 97.6 Å². The third-order valence-electron chi connectivity index (χ3n) is 2.40. The molecule has 0 aliphatic rings. The molecule has 0 spiro atoms. The third-order valence-corrected chi connectivity index (χ3v) is 2.40. The molecule has 0 amide bonds. The Bertz CT molecular complexity index is 363. The SMILES string of the molecule is CO[C@@H](CO)C(O)CCn1cnc([N+](=O)[O-])c1. The van der Waals surface area contributed by atoms with Crippen molar-refractivity contribution in [2.45, 2.75) is 25.2 Å². The van der Waals surface area contributed by atoms with E-state index in [2.05, 4.69) is 4.98 Å². The quantitative estimate of drug-likeness (QED) is 0.497. The van der Waals surface area contributed by atoms with Crippen LogP contribution in [0.5, 0.6) is 0 Å². The summed E-state index contributed by atoms with van der Waals surface area (Å²) in [6.07, 6.45) is 1.45. The second-order valence-corrected chi connectivity index (χ2v) is 3.54. The molecule has 0 aromatic carbocycles. The lowest BCUT2D eigenvalue weighted by atomic mass is 10.1. The van der Waals surface area contributed by atoms with E-state index < -0.39 is 17.1 Å². The van der Waals surface area contributed by atoms with Crippen LogP contribution in [-0.2, 0) is 11.3 Å². The molecule has 8 nitrogen and oxygen atoms in total. The predicted molar refractivity (Wildman–Crippen MR) is 57.4 cm³/mol. The van der Waals surface area contributed by atoms with Crippen molar-refractivity contribution in [2.75, 3.05) is 13.7 Å². The summed E-state index contributed by atoms with van der Waals surface area (Å²) in [5.74, 6) is -0.232. The summed E-state index contributed by atoms with van der Waals surface area (Å²) in [6, 6.07) is 0. The molecule has 0 bridgehead atoms. The van der Waals surface area contributed by atoms with Gasteiger partial charge in [-0.25, -0.2) is 0 Å². The Balaban J connectivity index is 2.46. The van der Waals surface area contributed by atoms with E-state index >= 15 is 0 Å². The van der Waals surface area contributed by atoms with Gasteiger partial charge in [0.05, 0.1) is 12.7 Å². The molecule has 0 saturated carbocycles. The molecule has 0 saturated heterocycles. The highest BCUT2D eigenvalue weighted by molar-refractivity contribution is 5.12. The Morgan fingerprint density at radius 2 is 2.41 bits per heavy atom. The van der Waals surface area contributed by atoms with E-state index in [-0.39, 0.29) is 12.4 Å². The number of ether oxygens (including phenoxy) is 1. The zero-order valence-electron chi connectivity index (χ0n) is 9.39. The Morgan fingerprint density at radius 1 is 1.71 bits per heavy atom. The number of hydrogen-bond acceptors (Lipinski definition) is 6. The van der Waals surface area contributed by atoms with Crippen molar-refractivity contribution in [2.24, 2.45) is 0 Å². The van der Waals surface area contributed by atoms with Crippen LogP contribution in [0.25, 0.3) is 0 Å². The molecule has 17 heavy (non-hydrogen) atoms. The molecule has 1 aromatic rings. The van der Waals surface area contributed by atoms with Crippen molar-refractivity contribution in [3.63, 3.8) is 0 Å². The number of aliphatic hydroxyl groups excluding tert-OH is 2. The highest BCUT2D eigenvalue weighted by Gasteiger charge is 2.18. The van der Waals surface area contributed by atoms with E-state index in [4.69, 9.17) is 9.84 Å². The first-order valence-corrected chi connectivity index (χ1v) is 5.06. The molecule has 0 fully saturated rings. The number of aromatic nitrogens is 2. The third kappa shape index (κ3) is 3.77. The molecule has 8 heteroatoms. The first-order valence-electron chi connectivity index (χ1n) is 5.06. The predicted octanol–water partition coefficient (Wildman–Crippen LogP) is -0.450. The molecule has 0 radical (unpaired) electrons. The monoisotopic (exact) mass is 245 g/mol. The van der Waals surface area contributed by atoms with Gasteiger partial charge in [-0.1, -0.05) is 0 Å². The van der Waals surface area contributed by atoms with E-state index in [1.165, 1.54) is 24.2 Å². The van der Waals surface area contributed by atoms with E-state index in [9.17, 15) is 15.2 Å². The number of hydrogen-bond donors (Lipinski definition) is 2. The molecule has 1 unspecified atom stereocenters.